The number of rotatable bonds is 10. The summed E-state index contributed by atoms with van der Waals surface area (Å²) in [5, 5.41) is 12.2. The van der Waals surface area contributed by atoms with E-state index in [1.54, 1.807) is 18.5 Å². The Balaban J connectivity index is 1.57. The van der Waals surface area contributed by atoms with Gasteiger partial charge in [0, 0.05) is 24.0 Å². The molecular formula is C22H22N6O3. The van der Waals surface area contributed by atoms with E-state index >= 15 is 0 Å². The Kier molecular flexibility index (Phi) is 6.46. The maximum Gasteiger partial charge on any atom is 0.164 e. The van der Waals surface area contributed by atoms with Gasteiger partial charge in [-0.1, -0.05) is 12.7 Å². The first kappa shape index (κ1) is 20.5. The molecule has 2 N–H and O–H groups in total. The number of aliphatic hydroxyl groups is 1. The van der Waals surface area contributed by atoms with Crippen molar-refractivity contribution < 1.29 is 14.6 Å². The molecule has 0 unspecified atom stereocenters. The van der Waals surface area contributed by atoms with Crippen molar-refractivity contribution in [2.24, 2.45) is 0 Å². The van der Waals surface area contributed by atoms with E-state index < -0.39 is 0 Å². The highest BCUT2D eigenvalue weighted by Crippen LogP contribution is 2.30. The van der Waals surface area contributed by atoms with Gasteiger partial charge in [-0.25, -0.2) is 19.9 Å². The van der Waals surface area contributed by atoms with E-state index in [0.29, 0.717) is 37.1 Å². The Morgan fingerprint density at radius 1 is 1.10 bits per heavy atom. The molecule has 3 aromatic heterocycles. The number of aromatic nitrogens is 5. The number of anilines is 2. The van der Waals surface area contributed by atoms with Crippen molar-refractivity contribution >= 4 is 28.6 Å². The zero-order valence-corrected chi connectivity index (χ0v) is 16.8. The summed E-state index contributed by atoms with van der Waals surface area (Å²) in [5.74, 6) is 1.87. The topological polar surface area (TPSA) is 107 Å². The largest absolute Gasteiger partial charge is 0.453 e. The second-order valence-electron chi connectivity index (χ2n) is 6.56. The van der Waals surface area contributed by atoms with E-state index in [2.05, 4.69) is 31.8 Å². The minimum Gasteiger partial charge on any atom is -0.453 e. The van der Waals surface area contributed by atoms with Gasteiger partial charge in [-0.15, -0.1) is 0 Å². The lowest BCUT2D eigenvalue weighted by molar-refractivity contribution is 0.0875. The maximum absolute atomic E-state index is 8.86. The lowest BCUT2D eigenvalue weighted by Gasteiger charge is -2.13. The molecule has 0 aliphatic rings. The number of hydrogen-bond donors (Lipinski definition) is 2. The molecule has 0 fully saturated rings. The number of nitrogens with zero attached hydrogens (tertiary/aromatic N) is 5. The molecular weight excluding hydrogens is 396 g/mol. The molecule has 4 aromatic rings. The normalized spacial score (nSPS) is 10.9. The molecule has 4 rings (SSSR count). The van der Waals surface area contributed by atoms with Crippen molar-refractivity contribution in [3.05, 3.63) is 67.7 Å². The number of nitrogens with one attached hydrogen (secondary N) is 1. The fourth-order valence-corrected chi connectivity index (χ4v) is 3.12. The molecule has 0 bridgehead atoms. The van der Waals surface area contributed by atoms with Crippen LogP contribution >= 0.6 is 0 Å². The highest BCUT2D eigenvalue weighted by Gasteiger charge is 2.11. The molecule has 0 spiro atoms. The molecule has 1 aromatic carbocycles. The molecule has 0 aliphatic carbocycles. The standard InChI is InChI=1S/C22H22N6O3/c1-2-16-11-17(3-4-20(16)31-18-12-23-14-24-13-18)27-22-21-19(25-15-26-22)5-6-28(21)7-9-30-10-8-29/h2-6,11-15,29H,1,7-10H2,(H,25,26,27). The number of hydrogen-bond acceptors (Lipinski definition) is 8. The zero-order chi connectivity index (χ0) is 21.5. The second kappa shape index (κ2) is 9.79. The van der Waals surface area contributed by atoms with E-state index in [1.807, 2.05) is 35.0 Å². The lowest BCUT2D eigenvalue weighted by Crippen LogP contribution is -2.09. The van der Waals surface area contributed by atoms with Crippen LogP contribution in [0.15, 0.2) is 62.1 Å². The third-order valence-corrected chi connectivity index (χ3v) is 4.52. The van der Waals surface area contributed by atoms with Crippen molar-refractivity contribution in [3.63, 3.8) is 0 Å². The zero-order valence-electron chi connectivity index (χ0n) is 16.8. The van der Waals surface area contributed by atoms with Crippen LogP contribution in [0.5, 0.6) is 11.5 Å². The molecule has 0 atom stereocenters. The van der Waals surface area contributed by atoms with Gasteiger partial charge in [0.1, 0.15) is 23.9 Å². The van der Waals surface area contributed by atoms with Gasteiger partial charge in [-0.2, -0.15) is 0 Å². The Morgan fingerprint density at radius 2 is 1.97 bits per heavy atom. The summed E-state index contributed by atoms with van der Waals surface area (Å²) in [6, 6.07) is 7.62. The van der Waals surface area contributed by atoms with Gasteiger partial charge in [0.15, 0.2) is 11.6 Å². The monoisotopic (exact) mass is 418 g/mol. The third-order valence-electron chi connectivity index (χ3n) is 4.52. The Bertz CT molecular complexity index is 1160. The lowest BCUT2D eigenvalue weighted by atomic mass is 10.1. The fraction of sp³-hybridized carbons (Fsp3) is 0.182. The first-order valence-electron chi connectivity index (χ1n) is 9.73. The molecule has 0 saturated carbocycles. The van der Waals surface area contributed by atoms with E-state index in [-0.39, 0.29) is 6.61 Å². The number of aliphatic hydroxyl groups excluding tert-OH is 1. The number of benzene rings is 1. The molecule has 31 heavy (non-hydrogen) atoms. The SMILES string of the molecule is C=Cc1cc(Nc2ncnc3ccn(CCOCCO)c23)ccc1Oc1cncnc1. The first-order valence-corrected chi connectivity index (χ1v) is 9.73. The van der Waals surface area contributed by atoms with Crippen molar-refractivity contribution in [2.45, 2.75) is 6.54 Å². The second-order valence-corrected chi connectivity index (χ2v) is 6.56. The van der Waals surface area contributed by atoms with Crippen molar-refractivity contribution in [2.75, 3.05) is 25.1 Å². The van der Waals surface area contributed by atoms with E-state index in [0.717, 1.165) is 22.3 Å². The summed E-state index contributed by atoms with van der Waals surface area (Å²) in [4.78, 5) is 16.7. The van der Waals surface area contributed by atoms with E-state index in [9.17, 15) is 0 Å². The smallest absolute Gasteiger partial charge is 0.164 e. The summed E-state index contributed by atoms with van der Waals surface area (Å²) in [6.07, 6.45) is 9.84. The Morgan fingerprint density at radius 3 is 2.77 bits per heavy atom. The molecule has 3 heterocycles. The van der Waals surface area contributed by atoms with Gasteiger partial charge in [0.05, 0.1) is 37.7 Å². The molecule has 0 saturated heterocycles. The van der Waals surface area contributed by atoms with Crippen LogP contribution in [0, 0.1) is 0 Å². The van der Waals surface area contributed by atoms with Crippen LogP contribution in [-0.4, -0.2) is 49.4 Å². The maximum atomic E-state index is 8.86. The van der Waals surface area contributed by atoms with E-state index in [4.69, 9.17) is 14.6 Å². The van der Waals surface area contributed by atoms with Crippen LogP contribution < -0.4 is 10.1 Å². The van der Waals surface area contributed by atoms with Crippen LogP contribution in [-0.2, 0) is 11.3 Å². The summed E-state index contributed by atoms with van der Waals surface area (Å²) < 4.78 is 13.3. The van der Waals surface area contributed by atoms with Crippen molar-refractivity contribution in [1.29, 1.82) is 0 Å². The summed E-state index contributed by atoms with van der Waals surface area (Å²) in [6.45, 7) is 5.31. The molecule has 9 heteroatoms. The Labute approximate surface area is 179 Å². The molecule has 0 aliphatic heterocycles. The average Bonchev–Trinajstić information content (AvgIpc) is 3.22. The third kappa shape index (κ3) is 4.85. The van der Waals surface area contributed by atoms with Crippen LogP contribution in [0.1, 0.15) is 5.56 Å². The quantitative estimate of drug-likeness (QED) is 0.377. The highest BCUT2D eigenvalue weighted by atomic mass is 16.5. The van der Waals surface area contributed by atoms with Gasteiger partial charge in [-0.05, 0) is 24.3 Å². The van der Waals surface area contributed by atoms with Gasteiger partial charge < -0.3 is 24.5 Å². The predicted octanol–water partition coefficient (Wildman–Crippen LogP) is 3.41. The van der Waals surface area contributed by atoms with Gasteiger partial charge in [0.25, 0.3) is 0 Å². The summed E-state index contributed by atoms with van der Waals surface area (Å²) >= 11 is 0. The number of fused-ring (bicyclic) bond motifs is 1. The summed E-state index contributed by atoms with van der Waals surface area (Å²) in [5.41, 5.74) is 3.34. The van der Waals surface area contributed by atoms with Crippen molar-refractivity contribution in [3.8, 4) is 11.5 Å². The number of ether oxygens (including phenoxy) is 2. The fourth-order valence-electron chi connectivity index (χ4n) is 3.12. The van der Waals surface area contributed by atoms with Crippen molar-refractivity contribution in [1.82, 2.24) is 24.5 Å². The molecule has 0 radical (unpaired) electrons. The molecule has 158 valence electrons. The Hall–Kier alpha value is -3.82. The van der Waals surface area contributed by atoms with E-state index in [1.165, 1.54) is 12.7 Å². The van der Waals surface area contributed by atoms with Crippen LogP contribution in [0.2, 0.25) is 0 Å². The van der Waals surface area contributed by atoms with Crippen LogP contribution in [0.25, 0.3) is 17.1 Å². The molecule has 0 amide bonds. The first-order chi connectivity index (χ1) is 15.3. The van der Waals surface area contributed by atoms with Gasteiger partial charge in [-0.3, -0.25) is 0 Å². The highest BCUT2D eigenvalue weighted by molar-refractivity contribution is 5.88. The molecule has 9 nitrogen and oxygen atoms in total. The minimum atomic E-state index is 0.00495. The minimum absolute atomic E-state index is 0.00495. The summed E-state index contributed by atoms with van der Waals surface area (Å²) in [7, 11) is 0. The van der Waals surface area contributed by atoms with Crippen LogP contribution in [0.3, 0.4) is 0 Å². The predicted molar refractivity (Wildman–Crippen MR) is 117 cm³/mol. The van der Waals surface area contributed by atoms with Gasteiger partial charge in [0.2, 0.25) is 0 Å². The van der Waals surface area contributed by atoms with Crippen LogP contribution in [0.4, 0.5) is 11.5 Å². The average molecular weight is 418 g/mol. The van der Waals surface area contributed by atoms with Gasteiger partial charge >= 0.3 is 0 Å².